The Bertz CT molecular complexity index is 1370. The van der Waals surface area contributed by atoms with Gasteiger partial charge in [-0.05, 0) is 54.6 Å². The highest BCUT2D eigenvalue weighted by Crippen LogP contribution is 2.36. The molecule has 0 aliphatic carbocycles. The molecule has 1 N–H and O–H groups in total. The van der Waals surface area contributed by atoms with Gasteiger partial charge in [-0.3, -0.25) is 9.47 Å². The van der Waals surface area contributed by atoms with Gasteiger partial charge in [0.25, 0.3) is 0 Å². The summed E-state index contributed by atoms with van der Waals surface area (Å²) >= 11 is 0. The van der Waals surface area contributed by atoms with Crippen LogP contribution in [0, 0.1) is 0 Å². The number of nitrogens with zero attached hydrogens (tertiary/aromatic N) is 5. The summed E-state index contributed by atoms with van der Waals surface area (Å²) in [5.41, 5.74) is 5.63. The zero-order valence-corrected chi connectivity index (χ0v) is 20.2. The minimum Gasteiger partial charge on any atom is -0.493 e. The van der Waals surface area contributed by atoms with E-state index in [1.807, 2.05) is 16.8 Å². The first-order valence-electron chi connectivity index (χ1n) is 11.9. The van der Waals surface area contributed by atoms with Crippen molar-refractivity contribution < 1.29 is 9.47 Å². The van der Waals surface area contributed by atoms with E-state index in [2.05, 4.69) is 45.9 Å². The van der Waals surface area contributed by atoms with E-state index in [-0.39, 0.29) is 17.6 Å². The molecule has 1 aliphatic rings. The molecule has 0 bridgehead atoms. The lowest BCUT2D eigenvalue weighted by molar-refractivity contribution is 0.117. The van der Waals surface area contributed by atoms with E-state index >= 15 is 0 Å². The number of fused-ring (bicyclic) bond motifs is 2. The zero-order chi connectivity index (χ0) is 23.8. The molecule has 9 heteroatoms. The molecular weight excluding hydrogens is 432 g/mol. The van der Waals surface area contributed by atoms with Crippen LogP contribution < -0.4 is 10.4 Å². The van der Waals surface area contributed by atoms with E-state index < -0.39 is 0 Å². The molecule has 4 heterocycles. The SMILES string of the molecule is COCCN1CCC[C@@H](n2c(=O)[nH]c3cc(-c4cc(OC)c5ncnn5c4)c(C(C)C)cc32)C1. The summed E-state index contributed by atoms with van der Waals surface area (Å²) in [6.45, 7) is 7.85. The normalized spacial score (nSPS) is 17.3. The second-order valence-corrected chi connectivity index (χ2v) is 9.33. The van der Waals surface area contributed by atoms with Crippen LogP contribution in [0.2, 0.25) is 0 Å². The zero-order valence-electron chi connectivity index (χ0n) is 20.2. The van der Waals surface area contributed by atoms with Crippen LogP contribution in [-0.4, -0.2) is 69.5 Å². The number of hydrogen-bond acceptors (Lipinski definition) is 6. The van der Waals surface area contributed by atoms with Crippen LogP contribution in [0.15, 0.2) is 35.5 Å². The second kappa shape index (κ2) is 9.23. The lowest BCUT2D eigenvalue weighted by Crippen LogP contribution is -2.40. The molecule has 1 aliphatic heterocycles. The van der Waals surface area contributed by atoms with Gasteiger partial charge in [-0.25, -0.2) is 14.3 Å². The van der Waals surface area contributed by atoms with Gasteiger partial charge in [0, 0.05) is 32.0 Å². The van der Waals surface area contributed by atoms with Crippen molar-refractivity contribution in [2.45, 2.75) is 38.6 Å². The Morgan fingerprint density at radius 2 is 2.09 bits per heavy atom. The highest BCUT2D eigenvalue weighted by molar-refractivity contribution is 5.85. The van der Waals surface area contributed by atoms with Crippen molar-refractivity contribution in [3.05, 3.63) is 46.8 Å². The summed E-state index contributed by atoms with van der Waals surface area (Å²) in [7, 11) is 3.37. The van der Waals surface area contributed by atoms with Gasteiger partial charge < -0.3 is 14.5 Å². The van der Waals surface area contributed by atoms with Gasteiger partial charge in [0.05, 0.1) is 30.8 Å². The van der Waals surface area contributed by atoms with E-state index in [4.69, 9.17) is 9.47 Å². The Labute approximate surface area is 198 Å². The van der Waals surface area contributed by atoms with Crippen LogP contribution in [0.3, 0.4) is 0 Å². The van der Waals surface area contributed by atoms with Crippen molar-refractivity contribution in [1.82, 2.24) is 29.0 Å². The lowest BCUT2D eigenvalue weighted by atomic mass is 9.92. The molecule has 9 nitrogen and oxygen atoms in total. The maximum absolute atomic E-state index is 13.1. The molecule has 4 aromatic rings. The first kappa shape index (κ1) is 22.6. The predicted octanol–water partition coefficient (Wildman–Crippen LogP) is 3.45. The quantitative estimate of drug-likeness (QED) is 0.451. The number of benzene rings is 1. The number of ether oxygens (including phenoxy) is 2. The number of methoxy groups -OCH3 is 2. The first-order chi connectivity index (χ1) is 16.5. The largest absolute Gasteiger partial charge is 0.493 e. The lowest BCUT2D eigenvalue weighted by Gasteiger charge is -2.33. The average Bonchev–Trinajstić information content (AvgIpc) is 3.44. The number of pyridine rings is 1. The molecule has 1 saturated heterocycles. The van der Waals surface area contributed by atoms with Crippen LogP contribution in [0.25, 0.3) is 27.8 Å². The molecule has 1 atom stereocenters. The van der Waals surface area contributed by atoms with Crippen molar-refractivity contribution in [3.8, 4) is 16.9 Å². The summed E-state index contributed by atoms with van der Waals surface area (Å²) in [4.78, 5) is 22.9. The molecule has 5 rings (SSSR count). The molecule has 1 fully saturated rings. The summed E-state index contributed by atoms with van der Waals surface area (Å²) in [5, 5.41) is 4.31. The van der Waals surface area contributed by atoms with Gasteiger partial charge in [-0.15, -0.1) is 0 Å². The standard InChI is InChI=1S/C25H32N6O3/c1-16(2)19-12-22-21(11-20(19)17-10-23(34-4)24-26-15-27-30(24)13-17)28-25(32)31(22)18-6-5-7-29(14-18)8-9-33-3/h10-13,15-16,18H,5-9,14H2,1-4H3,(H,28,32)/t18-/m1/s1. The molecule has 1 aromatic carbocycles. The van der Waals surface area contributed by atoms with Crippen LogP contribution in [0.1, 0.15) is 44.2 Å². The topological polar surface area (TPSA) is 89.7 Å². The highest BCUT2D eigenvalue weighted by atomic mass is 16.5. The van der Waals surface area contributed by atoms with Gasteiger partial charge in [0.1, 0.15) is 6.33 Å². The number of hydrogen-bond donors (Lipinski definition) is 1. The van der Waals surface area contributed by atoms with Gasteiger partial charge >= 0.3 is 5.69 Å². The Kier molecular flexibility index (Phi) is 6.14. The highest BCUT2D eigenvalue weighted by Gasteiger charge is 2.25. The molecular formula is C25H32N6O3. The number of H-pyrrole nitrogens is 1. The van der Waals surface area contributed by atoms with Crippen molar-refractivity contribution >= 4 is 16.7 Å². The minimum absolute atomic E-state index is 0.0512. The molecule has 180 valence electrons. The number of nitrogens with one attached hydrogen (secondary N) is 1. The minimum atomic E-state index is -0.0512. The first-order valence-corrected chi connectivity index (χ1v) is 11.9. The van der Waals surface area contributed by atoms with Crippen LogP contribution >= 0.6 is 0 Å². The molecule has 3 aromatic heterocycles. The second-order valence-electron chi connectivity index (χ2n) is 9.33. The number of aromatic nitrogens is 5. The smallest absolute Gasteiger partial charge is 0.326 e. The van der Waals surface area contributed by atoms with E-state index in [0.717, 1.165) is 54.6 Å². The average molecular weight is 465 g/mol. The van der Waals surface area contributed by atoms with E-state index in [9.17, 15) is 4.79 Å². The number of rotatable bonds is 7. The van der Waals surface area contributed by atoms with Gasteiger partial charge in [0.15, 0.2) is 11.4 Å². The molecule has 0 radical (unpaired) electrons. The van der Waals surface area contributed by atoms with Crippen molar-refractivity contribution in [2.24, 2.45) is 0 Å². The third kappa shape index (κ3) is 3.99. The molecule has 34 heavy (non-hydrogen) atoms. The number of likely N-dealkylation sites (tertiary alicyclic amines) is 1. The Morgan fingerprint density at radius 3 is 2.85 bits per heavy atom. The third-order valence-corrected chi connectivity index (χ3v) is 6.84. The fraction of sp³-hybridized carbons (Fsp3) is 0.480. The molecule has 0 unspecified atom stereocenters. The number of aromatic amines is 1. The maximum Gasteiger partial charge on any atom is 0.326 e. The van der Waals surface area contributed by atoms with E-state index in [0.29, 0.717) is 18.0 Å². The van der Waals surface area contributed by atoms with Gasteiger partial charge in [0.2, 0.25) is 0 Å². The van der Waals surface area contributed by atoms with Gasteiger partial charge in [-0.2, -0.15) is 5.10 Å². The Balaban J connectivity index is 1.61. The summed E-state index contributed by atoms with van der Waals surface area (Å²) < 4.78 is 14.5. The van der Waals surface area contributed by atoms with Crippen LogP contribution in [0.4, 0.5) is 0 Å². The monoisotopic (exact) mass is 464 g/mol. The van der Waals surface area contributed by atoms with Crippen LogP contribution in [-0.2, 0) is 4.74 Å². The Hall–Kier alpha value is -3.17. The number of piperidine rings is 1. The predicted molar refractivity (Wildman–Crippen MR) is 132 cm³/mol. The van der Waals surface area contributed by atoms with Crippen molar-refractivity contribution in [3.63, 3.8) is 0 Å². The summed E-state index contributed by atoms with van der Waals surface area (Å²) in [6, 6.07) is 6.40. The molecule has 0 amide bonds. The van der Waals surface area contributed by atoms with Crippen molar-refractivity contribution in [1.29, 1.82) is 0 Å². The maximum atomic E-state index is 13.1. The fourth-order valence-electron chi connectivity index (χ4n) is 5.14. The Morgan fingerprint density at radius 1 is 1.24 bits per heavy atom. The summed E-state index contributed by atoms with van der Waals surface area (Å²) in [6.07, 6.45) is 5.54. The molecule has 0 spiro atoms. The van der Waals surface area contributed by atoms with Crippen molar-refractivity contribution in [2.75, 3.05) is 40.5 Å². The molecule has 0 saturated carbocycles. The fourth-order valence-corrected chi connectivity index (χ4v) is 5.14. The van der Waals surface area contributed by atoms with Crippen LogP contribution in [0.5, 0.6) is 5.75 Å². The van der Waals surface area contributed by atoms with Gasteiger partial charge in [-0.1, -0.05) is 13.8 Å². The summed E-state index contributed by atoms with van der Waals surface area (Å²) in [5.74, 6) is 0.925. The number of imidazole rings is 1. The third-order valence-electron chi connectivity index (χ3n) is 6.84. The van der Waals surface area contributed by atoms with E-state index in [1.54, 1.807) is 18.7 Å². The van der Waals surface area contributed by atoms with E-state index in [1.165, 1.54) is 11.9 Å².